The van der Waals surface area contributed by atoms with Gasteiger partial charge in [-0.1, -0.05) is 0 Å². The fourth-order valence-corrected chi connectivity index (χ4v) is 4.05. The summed E-state index contributed by atoms with van der Waals surface area (Å²) in [5.41, 5.74) is -1.52. The van der Waals surface area contributed by atoms with Crippen LogP contribution in [0.1, 0.15) is 19.3 Å². The molecule has 3 heterocycles. The van der Waals surface area contributed by atoms with Crippen LogP contribution in [0, 0.1) is 5.41 Å². The highest BCUT2D eigenvalue weighted by atomic mass is 19.1. The molecule has 0 unspecified atom stereocenters. The molecular weight excluding hydrogens is 313 g/mol. The van der Waals surface area contributed by atoms with Crippen LogP contribution < -0.4 is 4.90 Å². The van der Waals surface area contributed by atoms with Crippen molar-refractivity contribution in [2.45, 2.75) is 24.9 Å². The van der Waals surface area contributed by atoms with Gasteiger partial charge in [0.2, 0.25) is 0 Å². The van der Waals surface area contributed by atoms with Crippen LogP contribution in [-0.2, 0) is 11.8 Å². The van der Waals surface area contributed by atoms with E-state index in [4.69, 9.17) is 0 Å². The Bertz CT molecular complexity index is 792. The van der Waals surface area contributed by atoms with Crippen LogP contribution in [0.4, 0.5) is 10.2 Å². The number of anilines is 1. The van der Waals surface area contributed by atoms with Crippen molar-refractivity contribution in [1.29, 1.82) is 0 Å². The summed E-state index contributed by atoms with van der Waals surface area (Å²) in [4.78, 5) is 13.4. The predicted octanol–water partition coefficient (Wildman–Crippen LogP) is 1.66. The van der Waals surface area contributed by atoms with Gasteiger partial charge in [0.25, 0.3) is 0 Å². The molecule has 7 nitrogen and oxygen atoms in total. The van der Waals surface area contributed by atoms with Crippen molar-refractivity contribution in [3.8, 4) is 11.4 Å². The molecule has 2 atom stereocenters. The second-order valence-corrected chi connectivity index (χ2v) is 6.68. The van der Waals surface area contributed by atoms with Crippen LogP contribution in [0.3, 0.4) is 0 Å². The number of rotatable bonds is 3. The molecule has 1 saturated carbocycles. The molecule has 2 aromatic heterocycles. The zero-order chi connectivity index (χ0) is 16.9. The number of nitrogens with zero attached hydrogens (tertiary/aromatic N) is 5. The molecule has 1 aliphatic carbocycles. The summed E-state index contributed by atoms with van der Waals surface area (Å²) < 4.78 is 16.9. The number of carbonyl (C=O) groups is 1. The van der Waals surface area contributed by atoms with E-state index in [1.165, 1.54) is 0 Å². The smallest absolute Gasteiger partial charge is 0.314 e. The molecule has 4 rings (SSSR count). The molecule has 2 fully saturated rings. The van der Waals surface area contributed by atoms with E-state index in [9.17, 15) is 9.90 Å². The molecule has 126 valence electrons. The molecule has 1 N–H and O–H groups in total. The number of halogens is 1. The van der Waals surface area contributed by atoms with Gasteiger partial charge in [-0.3, -0.25) is 9.48 Å². The predicted molar refractivity (Wildman–Crippen MR) is 84.2 cm³/mol. The standard InChI is InChI=1S/C16H18FN5O2/c1-21-12(5-8-18-21)11-3-4-13(20-19-11)22-9-15(14(23)24)6-2-7-16(15,17)10-22/h3-5,8H,2,6-7,9-10H2,1H3,(H,23,24)/t15-,16-/m0/s1. The summed E-state index contributed by atoms with van der Waals surface area (Å²) in [6.07, 6.45) is 2.95. The van der Waals surface area contributed by atoms with E-state index in [1.807, 2.05) is 13.1 Å². The zero-order valence-electron chi connectivity index (χ0n) is 13.3. The number of fused-ring (bicyclic) bond motifs is 1. The number of hydrogen-bond acceptors (Lipinski definition) is 5. The van der Waals surface area contributed by atoms with Gasteiger partial charge in [-0.05, 0) is 37.5 Å². The van der Waals surface area contributed by atoms with E-state index in [2.05, 4.69) is 15.3 Å². The Balaban J connectivity index is 1.62. The van der Waals surface area contributed by atoms with Crippen molar-refractivity contribution < 1.29 is 14.3 Å². The number of carboxylic acid groups (broad SMARTS) is 1. The minimum absolute atomic E-state index is 0.0546. The third-order valence-electron chi connectivity index (χ3n) is 5.40. The maximum Gasteiger partial charge on any atom is 0.314 e. The van der Waals surface area contributed by atoms with Crippen LogP contribution in [0.5, 0.6) is 0 Å². The third-order valence-corrected chi connectivity index (χ3v) is 5.40. The highest BCUT2D eigenvalue weighted by molar-refractivity contribution is 5.79. The van der Waals surface area contributed by atoms with Crippen LogP contribution in [0.2, 0.25) is 0 Å². The summed E-state index contributed by atoms with van der Waals surface area (Å²) in [6.45, 7) is 0.192. The molecule has 0 radical (unpaired) electrons. The van der Waals surface area contributed by atoms with Gasteiger partial charge in [-0.2, -0.15) is 5.10 Å². The molecule has 24 heavy (non-hydrogen) atoms. The average Bonchev–Trinajstić information content (AvgIpc) is 3.18. The maximum absolute atomic E-state index is 15.2. The summed E-state index contributed by atoms with van der Waals surface area (Å²) >= 11 is 0. The first-order valence-electron chi connectivity index (χ1n) is 7.95. The number of hydrogen-bond donors (Lipinski definition) is 1. The summed E-state index contributed by atoms with van der Waals surface area (Å²) in [5.74, 6) is -0.544. The Labute approximate surface area is 138 Å². The van der Waals surface area contributed by atoms with E-state index in [-0.39, 0.29) is 19.5 Å². The molecule has 2 aliphatic rings. The van der Waals surface area contributed by atoms with E-state index in [0.717, 1.165) is 5.69 Å². The van der Waals surface area contributed by atoms with Gasteiger partial charge in [0, 0.05) is 19.8 Å². The van der Waals surface area contributed by atoms with Gasteiger partial charge in [0.15, 0.2) is 5.82 Å². The van der Waals surface area contributed by atoms with E-state index >= 15 is 4.39 Å². The first-order chi connectivity index (χ1) is 11.5. The number of aliphatic carboxylic acids is 1. The Morgan fingerprint density at radius 3 is 2.67 bits per heavy atom. The van der Waals surface area contributed by atoms with Crippen LogP contribution in [-0.4, -0.2) is 49.8 Å². The van der Waals surface area contributed by atoms with Gasteiger partial charge >= 0.3 is 5.97 Å². The monoisotopic (exact) mass is 331 g/mol. The molecule has 0 spiro atoms. The van der Waals surface area contributed by atoms with E-state index in [1.54, 1.807) is 27.9 Å². The maximum atomic E-state index is 15.2. The lowest BCUT2D eigenvalue weighted by Gasteiger charge is -2.27. The Hall–Kier alpha value is -2.51. The first-order valence-corrected chi connectivity index (χ1v) is 7.95. The largest absolute Gasteiger partial charge is 0.481 e. The normalized spacial score (nSPS) is 29.0. The summed E-state index contributed by atoms with van der Waals surface area (Å²) in [6, 6.07) is 5.39. The fraction of sp³-hybridized carbons (Fsp3) is 0.500. The van der Waals surface area contributed by atoms with Gasteiger partial charge in [0.05, 0.1) is 12.2 Å². The number of aryl methyl sites for hydroxylation is 1. The molecule has 1 aliphatic heterocycles. The third kappa shape index (κ3) is 1.95. The molecule has 0 amide bonds. The lowest BCUT2D eigenvalue weighted by Crippen LogP contribution is -2.45. The Morgan fingerprint density at radius 2 is 2.08 bits per heavy atom. The van der Waals surface area contributed by atoms with Gasteiger partial charge in [0.1, 0.15) is 16.8 Å². The summed E-state index contributed by atoms with van der Waals surface area (Å²) in [5, 5.41) is 22.1. The minimum atomic E-state index is -1.69. The quantitative estimate of drug-likeness (QED) is 0.921. The first kappa shape index (κ1) is 15.0. The average molecular weight is 331 g/mol. The van der Waals surface area contributed by atoms with Crippen molar-refractivity contribution >= 4 is 11.8 Å². The fourth-order valence-electron chi connectivity index (χ4n) is 4.05. The Kier molecular flexibility index (Phi) is 3.13. The van der Waals surface area contributed by atoms with Crippen molar-refractivity contribution in [3.63, 3.8) is 0 Å². The molecule has 0 bridgehead atoms. The van der Waals surface area contributed by atoms with Crippen molar-refractivity contribution in [1.82, 2.24) is 20.0 Å². The SMILES string of the molecule is Cn1nccc1-c1ccc(N2C[C@@]3(F)CCC[C@@]3(C(=O)O)C2)nn1. The van der Waals surface area contributed by atoms with E-state index < -0.39 is 17.1 Å². The van der Waals surface area contributed by atoms with Gasteiger partial charge < -0.3 is 10.0 Å². The molecule has 1 saturated heterocycles. The van der Waals surface area contributed by atoms with Gasteiger partial charge in [-0.25, -0.2) is 4.39 Å². The molecule has 0 aromatic carbocycles. The summed E-state index contributed by atoms with van der Waals surface area (Å²) in [7, 11) is 1.82. The number of aromatic nitrogens is 4. The second kappa shape index (κ2) is 4.99. The number of carboxylic acids is 1. The lowest BCUT2D eigenvalue weighted by atomic mass is 9.78. The molecule has 8 heteroatoms. The van der Waals surface area contributed by atoms with E-state index in [0.29, 0.717) is 24.4 Å². The van der Waals surface area contributed by atoms with Crippen LogP contribution in [0.15, 0.2) is 24.4 Å². The highest BCUT2D eigenvalue weighted by Gasteiger charge is 2.66. The van der Waals surface area contributed by atoms with Crippen molar-refractivity contribution in [2.24, 2.45) is 12.5 Å². The zero-order valence-corrected chi connectivity index (χ0v) is 13.3. The second-order valence-electron chi connectivity index (χ2n) is 6.68. The topological polar surface area (TPSA) is 84.1 Å². The molecular formula is C16H18FN5O2. The molecule has 2 aromatic rings. The lowest BCUT2D eigenvalue weighted by molar-refractivity contribution is -0.153. The van der Waals surface area contributed by atoms with Crippen molar-refractivity contribution in [2.75, 3.05) is 18.0 Å². The van der Waals surface area contributed by atoms with Gasteiger partial charge in [-0.15, -0.1) is 10.2 Å². The highest BCUT2D eigenvalue weighted by Crippen LogP contribution is 2.54. The van der Waals surface area contributed by atoms with Crippen molar-refractivity contribution in [3.05, 3.63) is 24.4 Å². The van der Waals surface area contributed by atoms with Crippen LogP contribution in [0.25, 0.3) is 11.4 Å². The minimum Gasteiger partial charge on any atom is -0.481 e. The Morgan fingerprint density at radius 1 is 1.25 bits per heavy atom. The van der Waals surface area contributed by atoms with Crippen LogP contribution >= 0.6 is 0 Å². The number of alkyl halides is 1.